The first-order chi connectivity index (χ1) is 9.25. The SMILES string of the molecule is CC1CN(S(=O)(=O)c2ccc(F)c(N)c2F)CCC1O. The Morgan fingerprint density at radius 1 is 1.40 bits per heavy atom. The van der Waals surface area contributed by atoms with Crippen LogP contribution in [0.25, 0.3) is 0 Å². The van der Waals surface area contributed by atoms with Gasteiger partial charge in [-0.1, -0.05) is 6.92 Å². The van der Waals surface area contributed by atoms with Crippen molar-refractivity contribution >= 4 is 15.7 Å². The Labute approximate surface area is 116 Å². The van der Waals surface area contributed by atoms with Crippen LogP contribution in [-0.4, -0.2) is 37.0 Å². The lowest BCUT2D eigenvalue weighted by molar-refractivity contribution is 0.0628. The number of halogens is 2. The van der Waals surface area contributed by atoms with Gasteiger partial charge in [0, 0.05) is 13.1 Å². The third-order valence-electron chi connectivity index (χ3n) is 3.53. The summed E-state index contributed by atoms with van der Waals surface area (Å²) in [4.78, 5) is -0.639. The maximum absolute atomic E-state index is 13.9. The number of nitrogen functional groups attached to an aromatic ring is 1. The molecule has 2 unspecified atom stereocenters. The molecule has 1 aliphatic heterocycles. The Hall–Kier alpha value is -1.25. The van der Waals surface area contributed by atoms with Crippen LogP contribution in [0.5, 0.6) is 0 Å². The van der Waals surface area contributed by atoms with E-state index in [1.807, 2.05) is 0 Å². The molecule has 112 valence electrons. The second-order valence-electron chi connectivity index (χ2n) is 4.97. The Morgan fingerprint density at radius 2 is 2.05 bits per heavy atom. The van der Waals surface area contributed by atoms with E-state index in [4.69, 9.17) is 5.73 Å². The zero-order chi connectivity index (χ0) is 15.1. The van der Waals surface area contributed by atoms with Crippen molar-refractivity contribution in [2.45, 2.75) is 24.3 Å². The molecule has 0 aliphatic carbocycles. The van der Waals surface area contributed by atoms with Crippen LogP contribution in [0.1, 0.15) is 13.3 Å². The number of hydrogen-bond donors (Lipinski definition) is 2. The lowest BCUT2D eigenvalue weighted by atomic mass is 9.99. The second kappa shape index (κ2) is 5.27. The quantitative estimate of drug-likeness (QED) is 0.797. The molecule has 1 heterocycles. The fourth-order valence-corrected chi connectivity index (χ4v) is 3.83. The highest BCUT2D eigenvalue weighted by molar-refractivity contribution is 7.89. The number of piperidine rings is 1. The minimum absolute atomic E-state index is 0.0836. The van der Waals surface area contributed by atoms with Crippen LogP contribution >= 0.6 is 0 Å². The summed E-state index contributed by atoms with van der Waals surface area (Å²) in [5.41, 5.74) is 4.38. The van der Waals surface area contributed by atoms with Crippen LogP contribution in [0, 0.1) is 17.6 Å². The first-order valence-corrected chi connectivity index (χ1v) is 7.61. The van der Waals surface area contributed by atoms with Gasteiger partial charge in [-0.3, -0.25) is 0 Å². The third kappa shape index (κ3) is 2.50. The van der Waals surface area contributed by atoms with Crippen LogP contribution in [-0.2, 0) is 10.0 Å². The van der Waals surface area contributed by atoms with Crippen molar-refractivity contribution < 1.29 is 22.3 Å². The Bertz CT molecular complexity index is 621. The molecule has 1 aromatic carbocycles. The van der Waals surface area contributed by atoms with Crippen molar-refractivity contribution in [3.05, 3.63) is 23.8 Å². The molecular weight excluding hydrogens is 290 g/mol. The molecule has 2 atom stereocenters. The van der Waals surface area contributed by atoms with Gasteiger partial charge in [0.15, 0.2) is 5.82 Å². The largest absolute Gasteiger partial charge is 0.394 e. The molecule has 20 heavy (non-hydrogen) atoms. The standard InChI is InChI=1S/C12H16F2N2O3S/c1-7-6-16(5-4-9(7)17)20(18,19)10-3-2-8(13)12(15)11(10)14/h2-3,7,9,17H,4-6,15H2,1H3. The maximum atomic E-state index is 13.9. The van der Waals surface area contributed by atoms with Gasteiger partial charge in [-0.25, -0.2) is 17.2 Å². The minimum Gasteiger partial charge on any atom is -0.394 e. The van der Waals surface area contributed by atoms with Crippen molar-refractivity contribution in [1.29, 1.82) is 0 Å². The van der Waals surface area contributed by atoms with Crippen molar-refractivity contribution in [3.8, 4) is 0 Å². The van der Waals surface area contributed by atoms with Gasteiger partial charge >= 0.3 is 0 Å². The summed E-state index contributed by atoms with van der Waals surface area (Å²) in [5.74, 6) is -2.52. The number of aliphatic hydroxyl groups is 1. The molecule has 2 rings (SSSR count). The molecule has 1 saturated heterocycles. The lowest BCUT2D eigenvalue weighted by Crippen LogP contribution is -2.45. The minimum atomic E-state index is -4.09. The van der Waals surface area contributed by atoms with E-state index in [-0.39, 0.29) is 25.4 Å². The molecule has 0 aromatic heterocycles. The zero-order valence-electron chi connectivity index (χ0n) is 10.9. The molecule has 5 nitrogen and oxygen atoms in total. The molecule has 1 aliphatic rings. The average Bonchev–Trinajstić information content (AvgIpc) is 2.38. The predicted molar refractivity (Wildman–Crippen MR) is 69.3 cm³/mol. The van der Waals surface area contributed by atoms with Gasteiger partial charge in [0.2, 0.25) is 10.0 Å². The van der Waals surface area contributed by atoms with Gasteiger partial charge < -0.3 is 10.8 Å². The molecule has 8 heteroatoms. The maximum Gasteiger partial charge on any atom is 0.246 e. The summed E-state index contributed by atoms with van der Waals surface area (Å²) in [6.07, 6.45) is -0.303. The van der Waals surface area contributed by atoms with Gasteiger partial charge in [0.1, 0.15) is 16.4 Å². The van der Waals surface area contributed by atoms with Crippen LogP contribution in [0.3, 0.4) is 0 Å². The number of hydrogen-bond acceptors (Lipinski definition) is 4. The van der Waals surface area contributed by atoms with Gasteiger partial charge in [0.05, 0.1) is 6.10 Å². The van der Waals surface area contributed by atoms with E-state index in [1.165, 1.54) is 0 Å². The number of rotatable bonds is 2. The smallest absolute Gasteiger partial charge is 0.246 e. The number of nitrogens with zero attached hydrogens (tertiary/aromatic N) is 1. The third-order valence-corrected chi connectivity index (χ3v) is 5.41. The van der Waals surface area contributed by atoms with Crippen molar-refractivity contribution in [1.82, 2.24) is 4.31 Å². The van der Waals surface area contributed by atoms with Crippen molar-refractivity contribution in [2.24, 2.45) is 5.92 Å². The van der Waals surface area contributed by atoms with Crippen LogP contribution in [0.4, 0.5) is 14.5 Å². The van der Waals surface area contributed by atoms with E-state index in [9.17, 15) is 22.3 Å². The zero-order valence-corrected chi connectivity index (χ0v) is 11.7. The fraction of sp³-hybridized carbons (Fsp3) is 0.500. The summed E-state index contributed by atoms with van der Waals surface area (Å²) in [7, 11) is -4.09. The van der Waals surface area contributed by atoms with Gasteiger partial charge in [-0.2, -0.15) is 4.31 Å². The van der Waals surface area contributed by atoms with Crippen LogP contribution in [0.15, 0.2) is 17.0 Å². The highest BCUT2D eigenvalue weighted by Crippen LogP contribution is 2.28. The number of aliphatic hydroxyl groups excluding tert-OH is 1. The topological polar surface area (TPSA) is 83.6 Å². The first kappa shape index (κ1) is 15.1. The predicted octanol–water partition coefficient (Wildman–Crippen LogP) is 0.938. The molecule has 0 amide bonds. The summed E-state index contributed by atoms with van der Waals surface area (Å²) in [5, 5.41) is 9.60. The Morgan fingerprint density at radius 3 is 2.65 bits per heavy atom. The summed E-state index contributed by atoms with van der Waals surface area (Å²) >= 11 is 0. The normalized spacial score (nSPS) is 24.8. The van der Waals surface area contributed by atoms with E-state index in [0.717, 1.165) is 16.4 Å². The number of nitrogens with two attached hydrogens (primary N) is 1. The van der Waals surface area contributed by atoms with Crippen molar-refractivity contribution in [2.75, 3.05) is 18.8 Å². The highest BCUT2D eigenvalue weighted by Gasteiger charge is 2.34. The molecule has 0 saturated carbocycles. The van der Waals surface area contributed by atoms with E-state index in [2.05, 4.69) is 0 Å². The molecule has 0 radical (unpaired) electrons. The van der Waals surface area contributed by atoms with E-state index < -0.39 is 38.3 Å². The van der Waals surface area contributed by atoms with E-state index >= 15 is 0 Å². The summed E-state index contributed by atoms with van der Waals surface area (Å²) in [6.45, 7) is 1.88. The molecule has 3 N–H and O–H groups in total. The molecule has 1 fully saturated rings. The number of anilines is 1. The van der Waals surface area contributed by atoms with Crippen LogP contribution < -0.4 is 5.73 Å². The van der Waals surface area contributed by atoms with E-state index in [0.29, 0.717) is 0 Å². The van der Waals surface area contributed by atoms with Gasteiger partial charge in [0.25, 0.3) is 0 Å². The molecular formula is C12H16F2N2O3S. The molecule has 0 spiro atoms. The lowest BCUT2D eigenvalue weighted by Gasteiger charge is -2.33. The monoisotopic (exact) mass is 306 g/mol. The highest BCUT2D eigenvalue weighted by atomic mass is 32.2. The number of benzene rings is 1. The molecule has 1 aromatic rings. The average molecular weight is 306 g/mol. The van der Waals surface area contributed by atoms with E-state index in [1.54, 1.807) is 6.92 Å². The summed E-state index contributed by atoms with van der Waals surface area (Å²) in [6, 6.07) is 1.69. The van der Waals surface area contributed by atoms with Crippen LogP contribution in [0.2, 0.25) is 0 Å². The van der Waals surface area contributed by atoms with Gasteiger partial charge in [-0.15, -0.1) is 0 Å². The Kier molecular flexibility index (Phi) is 3.99. The second-order valence-corrected chi connectivity index (χ2v) is 6.88. The molecule has 0 bridgehead atoms. The number of sulfonamides is 1. The summed E-state index contributed by atoms with van der Waals surface area (Å²) < 4.78 is 52.7. The fourth-order valence-electron chi connectivity index (χ4n) is 2.20. The first-order valence-electron chi connectivity index (χ1n) is 6.17. The van der Waals surface area contributed by atoms with Crippen molar-refractivity contribution in [3.63, 3.8) is 0 Å². The van der Waals surface area contributed by atoms with Gasteiger partial charge in [-0.05, 0) is 24.5 Å². The Balaban J connectivity index is 2.39.